The molecule has 16 nitrogen and oxygen atoms in total. The number of benzene rings is 2. The highest BCUT2D eigenvalue weighted by Crippen LogP contribution is 2.52. The number of nitrogens with one attached hydrogen (secondary N) is 1. The molecular formula is C36H44N2O14. The molecule has 4 aliphatic rings. The number of amides is 1. The maximum atomic E-state index is 13.7. The van der Waals surface area contributed by atoms with Gasteiger partial charge >= 0.3 is 0 Å². The van der Waals surface area contributed by atoms with Crippen molar-refractivity contribution in [2.45, 2.75) is 94.8 Å². The smallest absolute Gasteiger partial charge is 0.220 e. The van der Waals surface area contributed by atoms with Gasteiger partial charge in [0.1, 0.15) is 29.5 Å². The number of ether oxygens (including phenoxy) is 3. The summed E-state index contributed by atoms with van der Waals surface area (Å²) in [5.74, 6) is -3.89. The number of β-amino-alcohol motifs (C(OH)–C–C–N with tert-alkyl or cyclic N) is 1. The van der Waals surface area contributed by atoms with Crippen molar-refractivity contribution in [1.29, 1.82) is 0 Å². The van der Waals surface area contributed by atoms with E-state index in [4.69, 9.17) is 14.2 Å². The highest BCUT2D eigenvalue weighted by atomic mass is 16.7. The van der Waals surface area contributed by atoms with Crippen LogP contribution >= 0.6 is 0 Å². The number of phenols is 2. The van der Waals surface area contributed by atoms with Gasteiger partial charge in [-0.2, -0.15) is 0 Å². The quantitative estimate of drug-likeness (QED) is 0.156. The van der Waals surface area contributed by atoms with Crippen LogP contribution in [0, 0.1) is 0 Å². The van der Waals surface area contributed by atoms with Gasteiger partial charge in [0.15, 0.2) is 23.6 Å². The Balaban J connectivity index is 0.000000370. The second-order valence-corrected chi connectivity index (χ2v) is 13.6. The van der Waals surface area contributed by atoms with Crippen molar-refractivity contribution in [2.75, 3.05) is 27.3 Å². The number of fused-ring (bicyclic) bond motifs is 3. The molecule has 2 aliphatic carbocycles. The zero-order valence-electron chi connectivity index (χ0n) is 29.4. The largest absolute Gasteiger partial charge is 0.507 e. The molecule has 0 radical (unpaired) electrons. The first kappa shape index (κ1) is 38.9. The minimum Gasteiger partial charge on any atom is -0.507 e. The molecule has 0 bridgehead atoms. The number of carbonyl (C=O) groups excluding carboxylic acids is 5. The molecule has 7 N–H and O–H groups in total. The third kappa shape index (κ3) is 6.82. The lowest BCUT2D eigenvalue weighted by Gasteiger charge is -2.42. The van der Waals surface area contributed by atoms with Crippen LogP contribution in [0.5, 0.6) is 17.2 Å². The molecular weight excluding hydrogens is 684 g/mol. The highest BCUT2D eigenvalue weighted by molar-refractivity contribution is 6.31. The molecule has 2 fully saturated rings. The number of likely N-dealkylation sites (N-methyl/N-ethyl adjacent to an activating group) is 1. The number of nitrogens with zero attached hydrogens (tertiary/aromatic N) is 1. The predicted molar refractivity (Wildman–Crippen MR) is 179 cm³/mol. The van der Waals surface area contributed by atoms with E-state index >= 15 is 0 Å². The van der Waals surface area contributed by atoms with Crippen molar-refractivity contribution in [3.63, 3.8) is 0 Å². The van der Waals surface area contributed by atoms with E-state index in [1.54, 1.807) is 14.0 Å². The molecule has 2 saturated heterocycles. The van der Waals surface area contributed by atoms with E-state index in [2.05, 4.69) is 5.32 Å². The van der Waals surface area contributed by atoms with Crippen LogP contribution in [0.25, 0.3) is 0 Å². The maximum Gasteiger partial charge on any atom is 0.220 e. The van der Waals surface area contributed by atoms with Gasteiger partial charge in [-0.15, -0.1) is 0 Å². The van der Waals surface area contributed by atoms with Crippen LogP contribution in [0.1, 0.15) is 89.1 Å². The number of Topliss-reactive ketones (excluding diaryl/α,β-unsaturated/α-hetero) is 2. The number of likely N-dealkylation sites (tertiary alicyclic amines) is 1. The number of aliphatic hydroxyl groups is 4. The Kier molecular flexibility index (Phi) is 11.2. The van der Waals surface area contributed by atoms with Crippen molar-refractivity contribution in [3.05, 3.63) is 51.6 Å². The van der Waals surface area contributed by atoms with E-state index < -0.39 is 108 Å². The van der Waals surface area contributed by atoms with Gasteiger partial charge in [0, 0.05) is 61.9 Å². The van der Waals surface area contributed by atoms with Crippen LogP contribution in [-0.4, -0.2) is 134 Å². The molecule has 2 aromatic rings. The van der Waals surface area contributed by atoms with E-state index in [0.29, 0.717) is 13.0 Å². The number of carbonyl (C=O) groups is 5. The van der Waals surface area contributed by atoms with Gasteiger partial charge in [-0.25, -0.2) is 0 Å². The number of ketones is 4. The summed E-state index contributed by atoms with van der Waals surface area (Å²) in [6, 6.07) is 3.56. The first-order valence-electron chi connectivity index (χ1n) is 16.8. The molecule has 16 heteroatoms. The molecule has 2 heterocycles. The lowest BCUT2D eigenvalue weighted by Crippen LogP contribution is -2.53. The first-order valence-corrected chi connectivity index (χ1v) is 16.8. The van der Waals surface area contributed by atoms with Gasteiger partial charge in [-0.1, -0.05) is 12.1 Å². The summed E-state index contributed by atoms with van der Waals surface area (Å²) in [6.45, 7) is 3.78. The third-order valence-corrected chi connectivity index (χ3v) is 10.3. The summed E-state index contributed by atoms with van der Waals surface area (Å²) in [6.07, 6.45) is -4.82. The summed E-state index contributed by atoms with van der Waals surface area (Å²) in [5.41, 5.74) is -3.52. The van der Waals surface area contributed by atoms with E-state index in [-0.39, 0.29) is 46.1 Å². The molecule has 52 heavy (non-hydrogen) atoms. The van der Waals surface area contributed by atoms with Crippen LogP contribution in [0.4, 0.5) is 0 Å². The van der Waals surface area contributed by atoms with Gasteiger partial charge in [0.05, 0.1) is 54.3 Å². The standard InChI is InChI=1S/C28H31NO11.C8H13NO3/c1-11-23(32)14(29-2)7-18(39-11)40-16-9-28(37,17(31)10-30)8-13-20(16)27(36)22-21(25(13)34)24(33)12-5-4-6-15(38-3)19(12)26(22)35;1-5(10)8-3-7(12)4-9(8)6(2)11/h4-6,11,14,16,18,23,29-30,32,34,36-37H,7-10H2,1-3H3;7-8,12H,3-4H2,1-2H3/t11?,14?,16-,18?,23?,28-;7-,8+/m01/s1. The molecule has 8 atom stereocenters. The SMILES string of the molecule is CC(=O)[C@@H]1C[C@@H](O)CN1C(C)=O.CNC1CC(O[C@H]2C[C@](O)(C(=O)CO)Cc3c(O)c4c(c(O)c32)C(=O)c2c(OC)cccc2C4=O)OC(C)C1O. The van der Waals surface area contributed by atoms with Crippen LogP contribution < -0.4 is 10.1 Å². The molecule has 2 aliphatic heterocycles. The molecule has 4 unspecified atom stereocenters. The van der Waals surface area contributed by atoms with Crippen LogP contribution in [0.2, 0.25) is 0 Å². The Morgan fingerprint density at radius 2 is 1.71 bits per heavy atom. The molecule has 282 valence electrons. The monoisotopic (exact) mass is 728 g/mol. The number of aliphatic hydroxyl groups excluding tert-OH is 3. The van der Waals surface area contributed by atoms with Crippen molar-refractivity contribution < 1.29 is 68.8 Å². The van der Waals surface area contributed by atoms with Gasteiger partial charge in [-0.05, 0) is 27.0 Å². The third-order valence-electron chi connectivity index (χ3n) is 10.3. The fourth-order valence-electron chi connectivity index (χ4n) is 7.55. The molecule has 0 saturated carbocycles. The van der Waals surface area contributed by atoms with Crippen LogP contribution in [-0.2, 0) is 30.3 Å². The fraction of sp³-hybridized carbons (Fsp3) is 0.528. The van der Waals surface area contributed by atoms with Crippen LogP contribution in [0.3, 0.4) is 0 Å². The summed E-state index contributed by atoms with van der Waals surface area (Å²) in [4.78, 5) is 63.3. The molecule has 2 aromatic carbocycles. The number of phenolic OH excluding ortho intramolecular Hbond substituents is 2. The Morgan fingerprint density at radius 1 is 1.04 bits per heavy atom. The van der Waals surface area contributed by atoms with Crippen molar-refractivity contribution in [1.82, 2.24) is 10.2 Å². The Bertz CT molecular complexity index is 1770. The lowest BCUT2D eigenvalue weighted by atomic mass is 9.72. The zero-order chi connectivity index (χ0) is 38.4. The Hall–Kier alpha value is -4.29. The van der Waals surface area contributed by atoms with E-state index in [1.165, 1.54) is 44.1 Å². The number of hydrogen-bond acceptors (Lipinski definition) is 15. The van der Waals surface area contributed by atoms with Gasteiger partial charge in [-0.3, -0.25) is 24.0 Å². The van der Waals surface area contributed by atoms with Crippen LogP contribution in [0.15, 0.2) is 18.2 Å². The number of rotatable bonds is 7. The van der Waals surface area contributed by atoms with Crippen molar-refractivity contribution in [3.8, 4) is 17.2 Å². The van der Waals surface area contributed by atoms with Crippen molar-refractivity contribution >= 4 is 29.0 Å². The number of aromatic hydroxyl groups is 2. The van der Waals surface area contributed by atoms with E-state index in [9.17, 15) is 54.6 Å². The topological polar surface area (TPSA) is 250 Å². The summed E-state index contributed by atoms with van der Waals surface area (Å²) in [7, 11) is 2.99. The fourth-order valence-corrected chi connectivity index (χ4v) is 7.55. The predicted octanol–water partition coefficient (Wildman–Crippen LogP) is -0.181. The van der Waals surface area contributed by atoms with E-state index in [0.717, 1.165) is 0 Å². The molecule has 0 aromatic heterocycles. The summed E-state index contributed by atoms with van der Waals surface area (Å²) < 4.78 is 17.2. The van der Waals surface area contributed by atoms with Gasteiger partial charge in [0.25, 0.3) is 0 Å². The Morgan fingerprint density at radius 3 is 2.29 bits per heavy atom. The maximum absolute atomic E-state index is 13.7. The van der Waals surface area contributed by atoms with Gasteiger partial charge < -0.3 is 55.1 Å². The second kappa shape index (κ2) is 15.0. The lowest BCUT2D eigenvalue weighted by molar-refractivity contribution is -0.249. The first-order chi connectivity index (χ1) is 24.5. The van der Waals surface area contributed by atoms with E-state index in [1.807, 2.05) is 0 Å². The Labute approximate surface area is 298 Å². The average Bonchev–Trinajstić information content (AvgIpc) is 3.52. The normalized spacial score (nSPS) is 29.3. The minimum absolute atomic E-state index is 0.0435. The average molecular weight is 729 g/mol. The van der Waals surface area contributed by atoms with Gasteiger partial charge in [0.2, 0.25) is 11.7 Å². The minimum atomic E-state index is -2.23. The second-order valence-electron chi connectivity index (χ2n) is 13.6. The van der Waals surface area contributed by atoms with Crippen molar-refractivity contribution in [2.24, 2.45) is 0 Å². The summed E-state index contributed by atoms with van der Waals surface area (Å²) in [5, 5.41) is 66.3. The molecule has 6 rings (SSSR count). The summed E-state index contributed by atoms with van der Waals surface area (Å²) >= 11 is 0. The number of methoxy groups -OCH3 is 1. The molecule has 1 amide bonds. The number of hydrogen-bond donors (Lipinski definition) is 7. The molecule has 0 spiro atoms. The zero-order valence-corrected chi connectivity index (χ0v) is 29.4. The highest BCUT2D eigenvalue weighted by Gasteiger charge is 2.50.